The first-order valence-corrected chi connectivity index (χ1v) is 10.6. The van der Waals surface area contributed by atoms with Crippen molar-refractivity contribution in [1.29, 1.82) is 0 Å². The first-order chi connectivity index (χ1) is 13.9. The summed E-state index contributed by atoms with van der Waals surface area (Å²) in [6.07, 6.45) is 0.757. The van der Waals surface area contributed by atoms with Gasteiger partial charge in [-0.15, -0.1) is 0 Å². The minimum Gasteiger partial charge on any atom is -0.280 e. The second kappa shape index (κ2) is 8.15. The number of imide groups is 1. The van der Waals surface area contributed by atoms with Gasteiger partial charge in [0.2, 0.25) is 5.91 Å². The summed E-state index contributed by atoms with van der Waals surface area (Å²) in [6.45, 7) is 2.41. The predicted octanol–water partition coefficient (Wildman–Crippen LogP) is 5.29. The molecule has 0 aliphatic carbocycles. The zero-order valence-corrected chi connectivity index (χ0v) is 17.9. The Morgan fingerprint density at radius 3 is 2.31 bits per heavy atom. The lowest BCUT2D eigenvalue weighted by molar-refractivity contribution is -0.143. The van der Waals surface area contributed by atoms with Gasteiger partial charge >= 0.3 is 0 Å². The molecule has 0 saturated carbocycles. The molecule has 2 aliphatic heterocycles. The molecule has 2 heterocycles. The van der Waals surface area contributed by atoms with E-state index in [-0.39, 0.29) is 11.8 Å². The quantitative estimate of drug-likeness (QED) is 0.577. The van der Waals surface area contributed by atoms with Crippen molar-refractivity contribution in [3.63, 3.8) is 0 Å². The molecular weight excluding hydrogens is 435 g/mol. The molecule has 0 spiro atoms. The first kappa shape index (κ1) is 20.5. The van der Waals surface area contributed by atoms with E-state index in [0.29, 0.717) is 32.9 Å². The molecule has 0 radical (unpaired) electrons. The van der Waals surface area contributed by atoms with E-state index in [0.717, 1.165) is 12.8 Å². The van der Waals surface area contributed by atoms with Gasteiger partial charge in [0, 0.05) is 21.6 Å². The fourth-order valence-electron chi connectivity index (χ4n) is 3.88. The molecule has 0 aromatic heterocycles. The minimum absolute atomic E-state index is 0.235. The highest BCUT2D eigenvalue weighted by Gasteiger charge is 2.59. The van der Waals surface area contributed by atoms with E-state index in [1.807, 2.05) is 6.92 Å². The second-order valence-electron chi connectivity index (χ2n) is 7.15. The Kier molecular flexibility index (Phi) is 5.76. The van der Waals surface area contributed by atoms with Crippen molar-refractivity contribution in [2.75, 3.05) is 11.6 Å². The summed E-state index contributed by atoms with van der Waals surface area (Å²) in [5.74, 6) is -1.23. The number of hydrogen-bond acceptors (Lipinski definition) is 4. The maximum Gasteiger partial charge on any atom is 0.261 e. The van der Waals surface area contributed by atoms with Gasteiger partial charge in [-0.3, -0.25) is 19.3 Å². The summed E-state index contributed by atoms with van der Waals surface area (Å²) in [6, 6.07) is 11.6. The first-order valence-electron chi connectivity index (χ1n) is 9.44. The lowest BCUT2D eigenvalue weighted by Gasteiger charge is -2.29. The number of carbonyl (C=O) groups is 2. The number of nitrogens with zero attached hydrogens (tertiary/aromatic N) is 2. The Labute approximate surface area is 184 Å². The molecule has 8 heteroatoms. The molecule has 0 N–H and O–H groups in total. The number of amides is 2. The molecule has 3 atom stereocenters. The predicted molar refractivity (Wildman–Crippen MR) is 113 cm³/mol. The average Bonchev–Trinajstić information content (AvgIpc) is 3.18. The third-order valence-corrected chi connectivity index (χ3v) is 6.12. The number of hydroxylamine groups is 1. The van der Waals surface area contributed by atoms with Gasteiger partial charge in [0.1, 0.15) is 5.92 Å². The molecular formula is C21H19Cl3N2O3. The Hall–Kier alpha value is -1.79. The third-order valence-electron chi connectivity index (χ3n) is 5.30. The van der Waals surface area contributed by atoms with E-state index in [9.17, 15) is 9.59 Å². The molecule has 0 bridgehead atoms. The highest BCUT2D eigenvalue weighted by molar-refractivity contribution is 6.35. The zero-order chi connectivity index (χ0) is 20.7. The van der Waals surface area contributed by atoms with Gasteiger partial charge in [0.25, 0.3) is 5.91 Å². The third kappa shape index (κ3) is 3.61. The summed E-state index contributed by atoms with van der Waals surface area (Å²) in [5.41, 5.74) is 1.36. The summed E-state index contributed by atoms with van der Waals surface area (Å²) in [7, 11) is 0. The standard InChI is InChI=1S/C21H19Cl3N2O3/c1-2-3-10-25-20(27)17-18(15-9-6-13(23)11-16(15)24)26(29-19(17)21(25)28)14-7-4-12(22)5-8-14/h4-9,11,17-19H,2-3,10H2,1H3/t17-,18+,19+/m1/s1. The van der Waals surface area contributed by atoms with E-state index in [1.54, 1.807) is 47.5 Å². The molecule has 0 unspecified atom stereocenters. The molecule has 2 saturated heterocycles. The summed E-state index contributed by atoms with van der Waals surface area (Å²) < 4.78 is 0. The molecule has 2 amide bonds. The van der Waals surface area contributed by atoms with Crippen LogP contribution in [0.2, 0.25) is 15.1 Å². The fourth-order valence-corrected chi connectivity index (χ4v) is 4.52. The number of halogens is 3. The van der Waals surface area contributed by atoms with E-state index in [4.69, 9.17) is 39.6 Å². The lowest BCUT2D eigenvalue weighted by atomic mass is 9.90. The van der Waals surface area contributed by atoms with Crippen molar-refractivity contribution in [2.24, 2.45) is 5.92 Å². The number of anilines is 1. The number of carbonyl (C=O) groups excluding carboxylic acids is 2. The van der Waals surface area contributed by atoms with Crippen molar-refractivity contribution in [2.45, 2.75) is 31.9 Å². The van der Waals surface area contributed by atoms with Crippen LogP contribution in [0.15, 0.2) is 42.5 Å². The van der Waals surface area contributed by atoms with Crippen LogP contribution in [0.3, 0.4) is 0 Å². The van der Waals surface area contributed by atoms with Crippen LogP contribution in [0.25, 0.3) is 0 Å². The highest BCUT2D eigenvalue weighted by atomic mass is 35.5. The van der Waals surface area contributed by atoms with Gasteiger partial charge in [0.05, 0.1) is 11.7 Å². The maximum atomic E-state index is 13.2. The highest BCUT2D eigenvalue weighted by Crippen LogP contribution is 2.48. The van der Waals surface area contributed by atoms with Gasteiger partial charge in [-0.25, -0.2) is 5.06 Å². The normalized spacial score (nSPS) is 23.8. The van der Waals surface area contributed by atoms with Gasteiger partial charge in [-0.2, -0.15) is 0 Å². The Bertz CT molecular complexity index is 951. The molecule has 5 nitrogen and oxygen atoms in total. The van der Waals surface area contributed by atoms with Gasteiger partial charge in [-0.1, -0.05) is 54.2 Å². The zero-order valence-electron chi connectivity index (χ0n) is 15.6. The smallest absolute Gasteiger partial charge is 0.261 e. The molecule has 2 aromatic carbocycles. The van der Waals surface area contributed by atoms with Gasteiger partial charge in [-0.05, 0) is 48.4 Å². The van der Waals surface area contributed by atoms with Crippen LogP contribution in [0.5, 0.6) is 0 Å². The molecule has 2 fully saturated rings. The fraction of sp³-hybridized carbons (Fsp3) is 0.333. The number of unbranched alkanes of at least 4 members (excludes halogenated alkanes) is 1. The van der Waals surface area contributed by atoms with E-state index in [2.05, 4.69) is 0 Å². The summed E-state index contributed by atoms with van der Waals surface area (Å²) >= 11 is 18.6. The van der Waals surface area contributed by atoms with Crippen molar-refractivity contribution in [3.8, 4) is 0 Å². The van der Waals surface area contributed by atoms with Crippen LogP contribution in [0, 0.1) is 5.92 Å². The Morgan fingerprint density at radius 2 is 1.66 bits per heavy atom. The topological polar surface area (TPSA) is 49.9 Å². The molecule has 4 rings (SSSR count). The number of likely N-dealkylation sites (tertiary alicyclic amines) is 1. The van der Waals surface area contributed by atoms with E-state index >= 15 is 0 Å². The van der Waals surface area contributed by atoms with Crippen molar-refractivity contribution in [3.05, 3.63) is 63.1 Å². The Morgan fingerprint density at radius 1 is 0.966 bits per heavy atom. The van der Waals surface area contributed by atoms with Crippen LogP contribution in [-0.2, 0) is 14.4 Å². The average molecular weight is 454 g/mol. The second-order valence-corrected chi connectivity index (χ2v) is 8.43. The maximum absolute atomic E-state index is 13.2. The monoisotopic (exact) mass is 452 g/mol. The van der Waals surface area contributed by atoms with Gasteiger partial charge in [0.15, 0.2) is 6.10 Å². The molecule has 152 valence electrons. The van der Waals surface area contributed by atoms with Crippen LogP contribution in [0.1, 0.15) is 31.4 Å². The molecule has 29 heavy (non-hydrogen) atoms. The molecule has 2 aliphatic rings. The Balaban J connectivity index is 1.77. The summed E-state index contributed by atoms with van der Waals surface area (Å²) in [4.78, 5) is 33.5. The van der Waals surface area contributed by atoms with Crippen molar-refractivity contribution < 1.29 is 14.4 Å². The SMILES string of the molecule is CCCCN1C(=O)[C@H]2[C@H](ON(c3ccc(Cl)cc3)[C@H]2c2ccc(Cl)cc2Cl)C1=O. The van der Waals surface area contributed by atoms with Crippen LogP contribution >= 0.6 is 34.8 Å². The summed E-state index contributed by atoms with van der Waals surface area (Å²) in [5, 5.41) is 3.07. The van der Waals surface area contributed by atoms with Gasteiger partial charge < -0.3 is 0 Å². The number of hydrogen-bond donors (Lipinski definition) is 0. The molecule has 2 aromatic rings. The van der Waals surface area contributed by atoms with Crippen LogP contribution in [0.4, 0.5) is 5.69 Å². The van der Waals surface area contributed by atoms with Crippen LogP contribution in [-0.4, -0.2) is 29.4 Å². The van der Waals surface area contributed by atoms with Crippen molar-refractivity contribution >= 4 is 52.3 Å². The van der Waals surface area contributed by atoms with E-state index < -0.39 is 18.1 Å². The number of fused-ring (bicyclic) bond motifs is 1. The van der Waals surface area contributed by atoms with Crippen molar-refractivity contribution in [1.82, 2.24) is 4.90 Å². The van der Waals surface area contributed by atoms with Crippen LogP contribution < -0.4 is 5.06 Å². The largest absolute Gasteiger partial charge is 0.280 e. The number of rotatable bonds is 5. The number of benzene rings is 2. The lowest BCUT2D eigenvalue weighted by Crippen LogP contribution is -2.37. The minimum atomic E-state index is -0.883. The van der Waals surface area contributed by atoms with E-state index in [1.165, 1.54) is 4.90 Å².